The Hall–Kier alpha value is -2.08. The lowest BCUT2D eigenvalue weighted by Crippen LogP contribution is -2.29. The Bertz CT molecular complexity index is 1020. The molecule has 206 valence electrons. The average molecular weight is 567 g/mol. The van der Waals surface area contributed by atoms with E-state index in [0.717, 1.165) is 22.8 Å². The van der Waals surface area contributed by atoms with E-state index in [0.29, 0.717) is 35.5 Å². The SMILES string of the molecule is CC.CC.CC.CNC(=O)CCN(Cc1ccccc1)c1nc(-c2ccc(Cl)c(Cl)c2)c(CC(C)C)s1. The Morgan fingerprint density at radius 2 is 1.59 bits per heavy atom. The average Bonchev–Trinajstić information content (AvgIpc) is 3.34. The number of anilines is 1. The summed E-state index contributed by atoms with van der Waals surface area (Å²) < 4.78 is 0. The number of nitrogens with one attached hydrogen (secondary N) is 1. The van der Waals surface area contributed by atoms with E-state index in [4.69, 9.17) is 28.2 Å². The zero-order chi connectivity index (χ0) is 28.4. The molecule has 0 unspecified atom stereocenters. The minimum absolute atomic E-state index is 0.0155. The first kappa shape index (κ1) is 34.9. The summed E-state index contributed by atoms with van der Waals surface area (Å²) in [6.45, 7) is 17.7. The first-order valence-electron chi connectivity index (χ1n) is 13.3. The quantitative estimate of drug-likeness (QED) is 0.281. The Balaban J connectivity index is 0.00000201. The van der Waals surface area contributed by atoms with Gasteiger partial charge in [-0.2, -0.15) is 0 Å². The zero-order valence-corrected chi connectivity index (χ0v) is 26.3. The first-order chi connectivity index (χ1) is 17.9. The highest BCUT2D eigenvalue weighted by Gasteiger charge is 2.20. The maximum Gasteiger partial charge on any atom is 0.221 e. The summed E-state index contributed by atoms with van der Waals surface area (Å²) in [5.41, 5.74) is 3.07. The van der Waals surface area contributed by atoms with Gasteiger partial charge in [-0.25, -0.2) is 4.98 Å². The molecule has 1 aromatic heterocycles. The minimum atomic E-state index is 0.0155. The van der Waals surface area contributed by atoms with Crippen molar-refractivity contribution in [2.24, 2.45) is 5.92 Å². The van der Waals surface area contributed by atoms with E-state index in [1.54, 1.807) is 18.4 Å². The van der Waals surface area contributed by atoms with E-state index in [1.165, 1.54) is 10.4 Å². The molecule has 0 spiro atoms. The standard InChI is InChI=1S/C24H27Cl2N3OS.3C2H6/c1-16(2)13-21-23(18-9-10-19(25)20(26)14-18)28-24(31-21)29(12-11-22(30)27-3)15-17-7-5-4-6-8-17;3*1-2/h4-10,14,16H,11-13,15H2,1-3H3,(H,27,30);3*1-2H3. The Labute approximate surface area is 239 Å². The van der Waals surface area contributed by atoms with Crippen LogP contribution in [0.2, 0.25) is 10.0 Å². The van der Waals surface area contributed by atoms with Gasteiger partial charge in [-0.05, 0) is 30.0 Å². The van der Waals surface area contributed by atoms with Crippen LogP contribution in [-0.4, -0.2) is 24.5 Å². The molecule has 0 radical (unpaired) electrons. The van der Waals surface area contributed by atoms with Gasteiger partial charge in [-0.1, -0.05) is 115 Å². The fourth-order valence-corrected chi connectivity index (χ4v) is 4.88. The second-order valence-corrected chi connectivity index (χ2v) is 9.70. The third kappa shape index (κ3) is 11.9. The molecule has 0 aliphatic heterocycles. The van der Waals surface area contributed by atoms with Crippen LogP contribution in [0.15, 0.2) is 48.5 Å². The van der Waals surface area contributed by atoms with Crippen molar-refractivity contribution >= 4 is 45.6 Å². The summed E-state index contributed by atoms with van der Waals surface area (Å²) in [5, 5.41) is 4.66. The lowest BCUT2D eigenvalue weighted by atomic mass is 10.0. The van der Waals surface area contributed by atoms with Gasteiger partial charge in [0, 0.05) is 37.0 Å². The largest absolute Gasteiger partial charge is 0.359 e. The van der Waals surface area contributed by atoms with Gasteiger partial charge < -0.3 is 10.2 Å². The van der Waals surface area contributed by atoms with E-state index in [2.05, 4.69) is 36.2 Å². The van der Waals surface area contributed by atoms with Gasteiger partial charge in [0.1, 0.15) is 0 Å². The molecule has 0 bridgehead atoms. The van der Waals surface area contributed by atoms with Crippen molar-refractivity contribution in [3.8, 4) is 11.3 Å². The van der Waals surface area contributed by atoms with Crippen LogP contribution in [0.1, 0.15) is 72.3 Å². The Morgan fingerprint density at radius 1 is 0.973 bits per heavy atom. The van der Waals surface area contributed by atoms with Crippen molar-refractivity contribution in [2.45, 2.75) is 74.8 Å². The van der Waals surface area contributed by atoms with Gasteiger partial charge in [0.15, 0.2) is 5.13 Å². The summed E-state index contributed by atoms with van der Waals surface area (Å²) in [7, 11) is 1.66. The normalized spacial score (nSPS) is 9.73. The highest BCUT2D eigenvalue weighted by Crippen LogP contribution is 2.37. The number of carbonyl (C=O) groups is 1. The van der Waals surface area contributed by atoms with Gasteiger partial charge in [0.05, 0.1) is 15.7 Å². The first-order valence-corrected chi connectivity index (χ1v) is 14.9. The van der Waals surface area contributed by atoms with Gasteiger partial charge in [0.25, 0.3) is 0 Å². The third-order valence-corrected chi connectivity index (χ3v) is 6.72. The number of thiazole rings is 1. The molecule has 1 amide bonds. The fraction of sp³-hybridized carbons (Fsp3) is 0.467. The van der Waals surface area contributed by atoms with Crippen molar-refractivity contribution in [2.75, 3.05) is 18.5 Å². The maximum absolute atomic E-state index is 11.9. The number of benzene rings is 2. The number of carbonyl (C=O) groups excluding carboxylic acids is 1. The van der Waals surface area contributed by atoms with E-state index < -0.39 is 0 Å². The van der Waals surface area contributed by atoms with Crippen LogP contribution in [0.4, 0.5) is 5.13 Å². The summed E-state index contributed by atoms with van der Waals surface area (Å²) in [6, 6.07) is 15.9. The molecule has 4 nitrogen and oxygen atoms in total. The molecule has 0 fully saturated rings. The molecule has 1 heterocycles. The second kappa shape index (κ2) is 20.0. The molecule has 7 heteroatoms. The van der Waals surface area contributed by atoms with Crippen molar-refractivity contribution in [1.29, 1.82) is 0 Å². The fourth-order valence-electron chi connectivity index (χ4n) is 3.26. The van der Waals surface area contributed by atoms with E-state index >= 15 is 0 Å². The molecular formula is C30H45Cl2N3OS. The van der Waals surface area contributed by atoms with Crippen LogP contribution in [-0.2, 0) is 17.8 Å². The lowest BCUT2D eigenvalue weighted by Gasteiger charge is -2.21. The molecular weight excluding hydrogens is 521 g/mol. The van der Waals surface area contributed by atoms with Gasteiger partial charge >= 0.3 is 0 Å². The Morgan fingerprint density at radius 3 is 2.14 bits per heavy atom. The highest BCUT2D eigenvalue weighted by atomic mass is 35.5. The predicted molar refractivity (Wildman–Crippen MR) is 166 cm³/mol. The number of amides is 1. The van der Waals surface area contributed by atoms with Crippen molar-refractivity contribution in [3.05, 3.63) is 69.0 Å². The molecule has 1 N–H and O–H groups in total. The lowest BCUT2D eigenvalue weighted by molar-refractivity contribution is -0.120. The molecule has 0 saturated carbocycles. The van der Waals surface area contributed by atoms with E-state index in [-0.39, 0.29) is 5.91 Å². The van der Waals surface area contributed by atoms with Crippen LogP contribution >= 0.6 is 34.5 Å². The smallest absolute Gasteiger partial charge is 0.221 e. The van der Waals surface area contributed by atoms with Crippen LogP contribution in [0.3, 0.4) is 0 Å². The van der Waals surface area contributed by atoms with Gasteiger partial charge in [0.2, 0.25) is 5.91 Å². The van der Waals surface area contributed by atoms with Gasteiger partial charge in [-0.3, -0.25) is 4.79 Å². The van der Waals surface area contributed by atoms with Crippen LogP contribution in [0.25, 0.3) is 11.3 Å². The molecule has 0 aliphatic rings. The number of hydrogen-bond acceptors (Lipinski definition) is 4. The predicted octanol–water partition coefficient (Wildman–Crippen LogP) is 9.54. The molecule has 3 aromatic rings. The number of hydrogen-bond donors (Lipinski definition) is 1. The van der Waals surface area contributed by atoms with Crippen LogP contribution in [0.5, 0.6) is 0 Å². The number of halogens is 2. The van der Waals surface area contributed by atoms with Crippen LogP contribution in [0, 0.1) is 5.92 Å². The summed E-state index contributed by atoms with van der Waals surface area (Å²) in [5.74, 6) is 0.505. The van der Waals surface area contributed by atoms with Crippen molar-refractivity contribution < 1.29 is 4.79 Å². The highest BCUT2D eigenvalue weighted by molar-refractivity contribution is 7.16. The second-order valence-electron chi connectivity index (χ2n) is 7.83. The molecule has 0 saturated heterocycles. The Kier molecular flexibility index (Phi) is 18.8. The zero-order valence-electron chi connectivity index (χ0n) is 24.0. The number of aromatic nitrogens is 1. The molecule has 0 atom stereocenters. The number of nitrogens with zero attached hydrogens (tertiary/aromatic N) is 2. The van der Waals surface area contributed by atoms with Crippen molar-refractivity contribution in [1.82, 2.24) is 10.3 Å². The molecule has 3 rings (SSSR count). The summed E-state index contributed by atoms with van der Waals surface area (Å²) in [4.78, 5) is 20.3. The van der Waals surface area contributed by atoms with E-state index in [1.807, 2.05) is 77.9 Å². The summed E-state index contributed by atoms with van der Waals surface area (Å²) in [6.07, 6.45) is 1.33. The van der Waals surface area contributed by atoms with E-state index in [9.17, 15) is 4.79 Å². The molecule has 0 aliphatic carbocycles. The monoisotopic (exact) mass is 565 g/mol. The van der Waals surface area contributed by atoms with Crippen molar-refractivity contribution in [3.63, 3.8) is 0 Å². The minimum Gasteiger partial charge on any atom is -0.359 e. The molecule has 2 aromatic carbocycles. The third-order valence-electron chi connectivity index (χ3n) is 4.85. The maximum atomic E-state index is 11.9. The van der Waals surface area contributed by atoms with Crippen LogP contribution < -0.4 is 10.2 Å². The topological polar surface area (TPSA) is 45.2 Å². The van der Waals surface area contributed by atoms with Gasteiger partial charge in [-0.15, -0.1) is 11.3 Å². The summed E-state index contributed by atoms with van der Waals surface area (Å²) >= 11 is 14.1. The number of rotatable bonds is 9. The molecule has 37 heavy (non-hydrogen) atoms.